The van der Waals surface area contributed by atoms with Gasteiger partial charge in [0.2, 0.25) is 0 Å². The molecule has 0 aliphatic carbocycles. The van der Waals surface area contributed by atoms with Crippen LogP contribution in [0.15, 0.2) is 59.6 Å². The maximum Gasteiger partial charge on any atom is 0.264 e. The Morgan fingerprint density at radius 1 is 1.12 bits per heavy atom. The first-order valence-corrected chi connectivity index (χ1v) is 8.24. The van der Waals surface area contributed by atoms with Crippen LogP contribution in [0.3, 0.4) is 0 Å². The van der Waals surface area contributed by atoms with Gasteiger partial charge in [-0.1, -0.05) is 24.3 Å². The number of carbonyl (C=O) groups is 1. The zero-order valence-corrected chi connectivity index (χ0v) is 12.9. The second kappa shape index (κ2) is 5.89. The molecule has 1 aromatic heterocycles. The Hall–Kier alpha value is -3.00. The lowest BCUT2D eigenvalue weighted by Crippen LogP contribution is -2.23. The molecule has 1 heterocycles. The first-order valence-electron chi connectivity index (χ1n) is 6.76. The molecule has 3 rings (SSSR count). The number of para-hydroxylation sites is 1. The van der Waals surface area contributed by atoms with Gasteiger partial charge in [0.15, 0.2) is 0 Å². The first-order chi connectivity index (χ1) is 11.4. The van der Waals surface area contributed by atoms with Gasteiger partial charge in [0, 0.05) is 11.6 Å². The summed E-state index contributed by atoms with van der Waals surface area (Å²) in [5.41, 5.74) is 0.110. The highest BCUT2D eigenvalue weighted by Gasteiger charge is 2.21. The summed E-state index contributed by atoms with van der Waals surface area (Å²) >= 11 is 0. The van der Waals surface area contributed by atoms with Gasteiger partial charge in [-0.3, -0.25) is 9.71 Å². The molecule has 0 spiro atoms. The number of hydrogen-bond acceptors (Lipinski definition) is 5. The number of benzene rings is 2. The van der Waals surface area contributed by atoms with Crippen molar-refractivity contribution in [3.63, 3.8) is 0 Å². The smallest absolute Gasteiger partial charge is 0.264 e. The average Bonchev–Trinajstić information content (AvgIpc) is 2.55. The summed E-state index contributed by atoms with van der Waals surface area (Å²) in [6, 6.07) is 10.7. The highest BCUT2D eigenvalue weighted by Crippen LogP contribution is 2.25. The van der Waals surface area contributed by atoms with Crippen LogP contribution >= 0.6 is 0 Å². The Balaban J connectivity index is 2.09. The monoisotopic (exact) mass is 345 g/mol. The van der Waals surface area contributed by atoms with Gasteiger partial charge in [-0.25, -0.2) is 12.8 Å². The number of carbonyl (C=O) groups excluding carboxylic acids is 1. The number of aromatic carboxylic acids is 1. The van der Waals surface area contributed by atoms with Crippen molar-refractivity contribution in [2.24, 2.45) is 0 Å². The second-order valence-corrected chi connectivity index (χ2v) is 6.57. The predicted molar refractivity (Wildman–Crippen MR) is 83.3 cm³/mol. The van der Waals surface area contributed by atoms with E-state index in [2.05, 4.69) is 9.71 Å². The lowest BCUT2D eigenvalue weighted by molar-refractivity contribution is -0.255. The van der Waals surface area contributed by atoms with E-state index < -0.39 is 32.3 Å². The van der Waals surface area contributed by atoms with Crippen LogP contribution in [0.25, 0.3) is 10.9 Å². The molecule has 0 aliphatic rings. The van der Waals surface area contributed by atoms with Crippen LogP contribution in [0.1, 0.15) is 10.4 Å². The number of aromatic nitrogens is 1. The Labute approximate surface area is 136 Å². The highest BCUT2D eigenvalue weighted by atomic mass is 32.2. The summed E-state index contributed by atoms with van der Waals surface area (Å²) < 4.78 is 41.0. The van der Waals surface area contributed by atoms with Gasteiger partial charge in [0.05, 0.1) is 17.2 Å². The third-order valence-electron chi connectivity index (χ3n) is 3.33. The topological polar surface area (TPSA) is 99.2 Å². The molecule has 0 unspecified atom stereocenters. The number of carboxylic acid groups (broad SMARTS) is 1. The SMILES string of the molecule is O=C([O-])c1ccc(F)c(S(=O)(=O)Nc2cccc3cccnc23)c1. The van der Waals surface area contributed by atoms with Crippen molar-refractivity contribution in [1.82, 2.24) is 4.98 Å². The van der Waals surface area contributed by atoms with Gasteiger partial charge < -0.3 is 9.90 Å². The minimum absolute atomic E-state index is 0.159. The number of nitrogens with one attached hydrogen (secondary N) is 1. The van der Waals surface area contributed by atoms with Crippen LogP contribution in [0.4, 0.5) is 10.1 Å². The molecule has 8 heteroatoms. The summed E-state index contributed by atoms with van der Waals surface area (Å²) in [6.45, 7) is 0. The molecule has 2 aromatic carbocycles. The predicted octanol–water partition coefficient (Wildman–Crippen LogP) is 1.54. The fourth-order valence-electron chi connectivity index (χ4n) is 2.22. The van der Waals surface area contributed by atoms with Crippen molar-refractivity contribution in [1.29, 1.82) is 0 Å². The highest BCUT2D eigenvalue weighted by molar-refractivity contribution is 7.92. The molecule has 0 amide bonds. The van der Waals surface area contributed by atoms with Crippen molar-refractivity contribution in [3.05, 3.63) is 66.1 Å². The van der Waals surface area contributed by atoms with Gasteiger partial charge in [0.25, 0.3) is 10.0 Å². The molecular weight excluding hydrogens is 335 g/mol. The summed E-state index contributed by atoms with van der Waals surface area (Å²) in [4.78, 5) is 14.2. The van der Waals surface area contributed by atoms with Crippen LogP contribution in [0.2, 0.25) is 0 Å². The minimum atomic E-state index is -4.35. The van der Waals surface area contributed by atoms with Crippen LogP contribution in [-0.2, 0) is 10.0 Å². The third kappa shape index (κ3) is 2.91. The molecule has 3 aromatic rings. The van der Waals surface area contributed by atoms with Gasteiger partial charge in [-0.05, 0) is 29.8 Å². The third-order valence-corrected chi connectivity index (χ3v) is 4.71. The summed E-state index contributed by atoms with van der Waals surface area (Å²) in [5, 5.41) is 11.6. The van der Waals surface area contributed by atoms with E-state index in [1.165, 1.54) is 12.3 Å². The number of rotatable bonds is 4. The second-order valence-electron chi connectivity index (χ2n) is 4.92. The van der Waals surface area contributed by atoms with Gasteiger partial charge >= 0.3 is 0 Å². The van der Waals surface area contributed by atoms with Crippen LogP contribution in [0, 0.1) is 5.82 Å². The Kier molecular flexibility index (Phi) is 3.90. The number of anilines is 1. The Morgan fingerprint density at radius 3 is 2.62 bits per heavy atom. The standard InChI is InChI=1S/C16H11FN2O4S/c17-12-7-6-11(16(20)21)9-14(12)24(22,23)19-13-5-1-3-10-4-2-8-18-15(10)13/h1-9,19H,(H,20,21)/p-1. The Morgan fingerprint density at radius 2 is 1.88 bits per heavy atom. The minimum Gasteiger partial charge on any atom is -0.545 e. The molecule has 0 aliphatic heterocycles. The van der Waals surface area contributed by atoms with Crippen molar-refractivity contribution in [2.45, 2.75) is 4.90 Å². The van der Waals surface area contributed by atoms with Gasteiger partial charge in [-0.2, -0.15) is 0 Å². The Bertz CT molecular complexity index is 1050. The molecule has 0 saturated heterocycles. The number of fused-ring (bicyclic) bond motifs is 1. The van der Waals surface area contributed by atoms with E-state index in [1.807, 2.05) is 0 Å². The summed E-state index contributed by atoms with van der Waals surface area (Å²) in [5.74, 6) is -2.67. The molecule has 24 heavy (non-hydrogen) atoms. The van der Waals surface area contributed by atoms with Crippen molar-refractivity contribution >= 4 is 32.6 Å². The fraction of sp³-hybridized carbons (Fsp3) is 0. The molecular formula is C16H10FN2O4S-. The van der Waals surface area contributed by atoms with E-state index in [-0.39, 0.29) is 5.69 Å². The van der Waals surface area contributed by atoms with Crippen molar-refractivity contribution < 1.29 is 22.7 Å². The number of pyridine rings is 1. The molecule has 0 fully saturated rings. The largest absolute Gasteiger partial charge is 0.545 e. The van der Waals surface area contributed by atoms with Crippen LogP contribution < -0.4 is 9.83 Å². The fourth-order valence-corrected chi connectivity index (χ4v) is 3.39. The van der Waals surface area contributed by atoms with Crippen LogP contribution in [-0.4, -0.2) is 19.4 Å². The quantitative estimate of drug-likeness (QED) is 0.773. The molecule has 0 saturated carbocycles. The summed E-state index contributed by atoms with van der Waals surface area (Å²) in [6.07, 6.45) is 1.50. The summed E-state index contributed by atoms with van der Waals surface area (Å²) in [7, 11) is -4.35. The lowest BCUT2D eigenvalue weighted by atomic mass is 10.2. The average molecular weight is 345 g/mol. The normalized spacial score (nSPS) is 11.4. The number of halogens is 1. The van der Waals surface area contributed by atoms with Gasteiger partial charge in [0.1, 0.15) is 10.7 Å². The number of nitrogens with zero attached hydrogens (tertiary/aromatic N) is 1. The maximum atomic E-state index is 13.9. The molecule has 1 N–H and O–H groups in total. The maximum absolute atomic E-state index is 13.9. The zero-order chi connectivity index (χ0) is 17.3. The van der Waals surface area contributed by atoms with Crippen molar-refractivity contribution in [3.8, 4) is 0 Å². The van der Waals surface area contributed by atoms with E-state index in [4.69, 9.17) is 0 Å². The van der Waals surface area contributed by atoms with E-state index in [1.54, 1.807) is 24.3 Å². The lowest BCUT2D eigenvalue weighted by Gasteiger charge is -2.12. The van der Waals surface area contributed by atoms with E-state index in [0.717, 1.165) is 12.1 Å². The zero-order valence-electron chi connectivity index (χ0n) is 12.1. The van der Waals surface area contributed by atoms with Gasteiger partial charge in [-0.15, -0.1) is 0 Å². The van der Waals surface area contributed by atoms with Crippen molar-refractivity contribution in [2.75, 3.05) is 4.72 Å². The van der Waals surface area contributed by atoms with E-state index >= 15 is 0 Å². The molecule has 0 radical (unpaired) electrons. The number of carboxylic acids is 1. The van der Waals surface area contributed by atoms with E-state index in [0.29, 0.717) is 17.0 Å². The number of hydrogen-bond donors (Lipinski definition) is 1. The first kappa shape index (κ1) is 15.9. The molecule has 122 valence electrons. The molecule has 0 atom stereocenters. The number of sulfonamides is 1. The molecule has 6 nitrogen and oxygen atoms in total. The van der Waals surface area contributed by atoms with Crippen LogP contribution in [0.5, 0.6) is 0 Å². The molecule has 0 bridgehead atoms. The van der Waals surface area contributed by atoms with E-state index in [9.17, 15) is 22.7 Å².